The SMILES string of the molecule is CC1CNCCN1C(=O)c1ccc(-c2ccccc2)cc1.Cl. The predicted octanol–water partition coefficient (Wildman–Crippen LogP) is 3.21. The third-order valence-corrected chi connectivity index (χ3v) is 4.00. The van der Waals surface area contributed by atoms with Crippen LogP contribution < -0.4 is 5.32 Å². The highest BCUT2D eigenvalue weighted by molar-refractivity contribution is 5.95. The minimum Gasteiger partial charge on any atom is -0.333 e. The van der Waals surface area contributed by atoms with E-state index in [9.17, 15) is 4.79 Å². The lowest BCUT2D eigenvalue weighted by molar-refractivity contribution is 0.0656. The lowest BCUT2D eigenvalue weighted by atomic mass is 10.0. The minimum atomic E-state index is 0. The molecule has 0 aromatic heterocycles. The van der Waals surface area contributed by atoms with Gasteiger partial charge in [-0.1, -0.05) is 42.5 Å². The summed E-state index contributed by atoms with van der Waals surface area (Å²) < 4.78 is 0. The van der Waals surface area contributed by atoms with Crippen LogP contribution in [0.4, 0.5) is 0 Å². The van der Waals surface area contributed by atoms with Gasteiger partial charge in [-0.25, -0.2) is 0 Å². The van der Waals surface area contributed by atoms with Gasteiger partial charge in [0.15, 0.2) is 0 Å². The number of nitrogens with one attached hydrogen (secondary N) is 1. The zero-order valence-corrected chi connectivity index (χ0v) is 13.5. The summed E-state index contributed by atoms with van der Waals surface area (Å²) >= 11 is 0. The van der Waals surface area contributed by atoms with E-state index in [2.05, 4.69) is 24.4 Å². The van der Waals surface area contributed by atoms with Crippen molar-refractivity contribution < 1.29 is 4.79 Å². The highest BCUT2D eigenvalue weighted by Crippen LogP contribution is 2.20. The van der Waals surface area contributed by atoms with Gasteiger partial charge in [-0.15, -0.1) is 12.4 Å². The summed E-state index contributed by atoms with van der Waals surface area (Å²) in [4.78, 5) is 14.5. The number of hydrogen-bond acceptors (Lipinski definition) is 2. The van der Waals surface area contributed by atoms with Gasteiger partial charge in [0.05, 0.1) is 0 Å². The van der Waals surface area contributed by atoms with Gasteiger partial charge in [-0.2, -0.15) is 0 Å². The molecule has 1 aliphatic rings. The second-order valence-corrected chi connectivity index (χ2v) is 5.50. The molecular formula is C18H21ClN2O. The normalized spacial score (nSPS) is 17.7. The lowest BCUT2D eigenvalue weighted by Crippen LogP contribution is -2.52. The molecule has 0 aliphatic carbocycles. The molecule has 3 nitrogen and oxygen atoms in total. The van der Waals surface area contributed by atoms with Crippen LogP contribution in [-0.2, 0) is 0 Å². The van der Waals surface area contributed by atoms with Gasteiger partial charge in [0, 0.05) is 31.2 Å². The average Bonchev–Trinajstić information content (AvgIpc) is 2.56. The molecule has 1 unspecified atom stereocenters. The number of carbonyl (C=O) groups is 1. The molecule has 0 bridgehead atoms. The van der Waals surface area contributed by atoms with Gasteiger partial charge in [0.1, 0.15) is 0 Å². The molecule has 1 heterocycles. The average molecular weight is 317 g/mol. The van der Waals surface area contributed by atoms with E-state index >= 15 is 0 Å². The monoisotopic (exact) mass is 316 g/mol. The third-order valence-electron chi connectivity index (χ3n) is 4.00. The van der Waals surface area contributed by atoms with Crippen LogP contribution in [0.3, 0.4) is 0 Å². The number of halogens is 1. The van der Waals surface area contributed by atoms with E-state index in [1.54, 1.807) is 0 Å². The molecule has 1 atom stereocenters. The number of piperazine rings is 1. The highest BCUT2D eigenvalue weighted by atomic mass is 35.5. The molecule has 0 radical (unpaired) electrons. The molecule has 1 aliphatic heterocycles. The maximum absolute atomic E-state index is 12.6. The van der Waals surface area contributed by atoms with Crippen LogP contribution in [0.25, 0.3) is 11.1 Å². The molecule has 2 aromatic carbocycles. The van der Waals surface area contributed by atoms with Gasteiger partial charge in [-0.05, 0) is 30.2 Å². The summed E-state index contributed by atoms with van der Waals surface area (Å²) in [7, 11) is 0. The van der Waals surface area contributed by atoms with E-state index in [1.165, 1.54) is 5.56 Å². The zero-order chi connectivity index (χ0) is 14.7. The van der Waals surface area contributed by atoms with E-state index in [0.29, 0.717) is 0 Å². The van der Waals surface area contributed by atoms with Crippen molar-refractivity contribution in [3.05, 3.63) is 60.2 Å². The first-order chi connectivity index (χ1) is 10.3. The topological polar surface area (TPSA) is 32.3 Å². The Morgan fingerprint density at radius 1 is 1.05 bits per heavy atom. The van der Waals surface area contributed by atoms with Crippen LogP contribution >= 0.6 is 12.4 Å². The predicted molar refractivity (Wildman–Crippen MR) is 92.5 cm³/mol. The van der Waals surface area contributed by atoms with Crippen molar-refractivity contribution in [2.24, 2.45) is 0 Å². The maximum atomic E-state index is 12.6. The van der Waals surface area contributed by atoms with Crippen molar-refractivity contribution in [1.82, 2.24) is 10.2 Å². The number of rotatable bonds is 2. The van der Waals surface area contributed by atoms with Crippen LogP contribution in [0.15, 0.2) is 54.6 Å². The third kappa shape index (κ3) is 3.49. The lowest BCUT2D eigenvalue weighted by Gasteiger charge is -2.34. The second-order valence-electron chi connectivity index (χ2n) is 5.50. The van der Waals surface area contributed by atoms with E-state index in [0.717, 1.165) is 30.8 Å². The summed E-state index contributed by atoms with van der Waals surface area (Å²) in [6.07, 6.45) is 0. The molecule has 1 fully saturated rings. The summed E-state index contributed by atoms with van der Waals surface area (Å²) in [5.74, 6) is 0.128. The summed E-state index contributed by atoms with van der Waals surface area (Å²) in [6, 6.07) is 18.4. The molecule has 2 aromatic rings. The van der Waals surface area contributed by atoms with Crippen molar-refractivity contribution in [1.29, 1.82) is 0 Å². The fourth-order valence-electron chi connectivity index (χ4n) is 2.74. The minimum absolute atomic E-state index is 0. The summed E-state index contributed by atoms with van der Waals surface area (Å²) in [6.45, 7) is 4.61. The number of nitrogens with zero attached hydrogens (tertiary/aromatic N) is 1. The van der Waals surface area contributed by atoms with Gasteiger partial charge < -0.3 is 10.2 Å². The zero-order valence-electron chi connectivity index (χ0n) is 12.7. The fourth-order valence-corrected chi connectivity index (χ4v) is 2.74. The Bertz CT molecular complexity index is 613. The van der Waals surface area contributed by atoms with Crippen molar-refractivity contribution in [2.75, 3.05) is 19.6 Å². The number of amides is 1. The Morgan fingerprint density at radius 2 is 1.68 bits per heavy atom. The first-order valence-electron chi connectivity index (χ1n) is 7.43. The summed E-state index contributed by atoms with van der Waals surface area (Å²) in [5, 5.41) is 3.31. The fraction of sp³-hybridized carbons (Fsp3) is 0.278. The molecule has 116 valence electrons. The van der Waals surface area contributed by atoms with Crippen LogP contribution in [-0.4, -0.2) is 36.5 Å². The van der Waals surface area contributed by atoms with Gasteiger partial charge in [0.25, 0.3) is 5.91 Å². The van der Waals surface area contributed by atoms with Crippen molar-refractivity contribution in [2.45, 2.75) is 13.0 Å². The molecule has 1 saturated heterocycles. The van der Waals surface area contributed by atoms with Crippen molar-refractivity contribution in [3.8, 4) is 11.1 Å². The van der Waals surface area contributed by atoms with Crippen LogP contribution in [0.1, 0.15) is 17.3 Å². The highest BCUT2D eigenvalue weighted by Gasteiger charge is 2.23. The molecule has 0 saturated carbocycles. The Hall–Kier alpha value is -1.84. The second kappa shape index (κ2) is 7.43. The number of hydrogen-bond donors (Lipinski definition) is 1. The first kappa shape index (κ1) is 16.5. The Balaban J connectivity index is 0.00000176. The summed E-state index contributed by atoms with van der Waals surface area (Å²) in [5.41, 5.74) is 3.08. The van der Waals surface area contributed by atoms with Crippen molar-refractivity contribution >= 4 is 18.3 Å². The van der Waals surface area contributed by atoms with E-state index in [1.807, 2.05) is 47.4 Å². The quantitative estimate of drug-likeness (QED) is 0.922. The van der Waals surface area contributed by atoms with Crippen LogP contribution in [0, 0.1) is 0 Å². The maximum Gasteiger partial charge on any atom is 0.254 e. The largest absolute Gasteiger partial charge is 0.333 e. The van der Waals surface area contributed by atoms with Crippen molar-refractivity contribution in [3.63, 3.8) is 0 Å². The molecule has 3 rings (SSSR count). The standard InChI is InChI=1S/C18H20N2O.ClH/c1-14-13-19-11-12-20(14)18(21)17-9-7-16(8-10-17)15-5-3-2-4-6-15;/h2-10,14,19H,11-13H2,1H3;1H. The Labute approximate surface area is 137 Å². The Kier molecular flexibility index (Phi) is 5.58. The number of benzene rings is 2. The van der Waals surface area contributed by atoms with Crippen LogP contribution in [0.5, 0.6) is 0 Å². The van der Waals surface area contributed by atoms with Gasteiger partial charge in [-0.3, -0.25) is 4.79 Å². The molecular weight excluding hydrogens is 296 g/mol. The molecule has 0 spiro atoms. The first-order valence-corrected chi connectivity index (χ1v) is 7.43. The molecule has 1 N–H and O–H groups in total. The smallest absolute Gasteiger partial charge is 0.254 e. The van der Waals surface area contributed by atoms with E-state index in [-0.39, 0.29) is 24.4 Å². The van der Waals surface area contributed by atoms with Gasteiger partial charge in [0.2, 0.25) is 0 Å². The molecule has 1 amide bonds. The Morgan fingerprint density at radius 3 is 2.32 bits per heavy atom. The molecule has 22 heavy (non-hydrogen) atoms. The van der Waals surface area contributed by atoms with E-state index < -0.39 is 0 Å². The van der Waals surface area contributed by atoms with E-state index in [4.69, 9.17) is 0 Å². The number of carbonyl (C=O) groups excluding carboxylic acids is 1. The molecule has 4 heteroatoms. The van der Waals surface area contributed by atoms with Crippen LogP contribution in [0.2, 0.25) is 0 Å². The van der Waals surface area contributed by atoms with Gasteiger partial charge >= 0.3 is 0 Å².